The minimum absolute atomic E-state index is 0.191. The predicted octanol–water partition coefficient (Wildman–Crippen LogP) is 2.45. The minimum atomic E-state index is 0.191. The van der Waals surface area contributed by atoms with Crippen LogP contribution in [0.2, 0.25) is 0 Å². The smallest absolute Gasteiger partial charge is 0.227 e. The molecule has 0 saturated carbocycles. The summed E-state index contributed by atoms with van der Waals surface area (Å²) in [4.78, 5) is 18.5. The number of thiazole rings is 1. The lowest BCUT2D eigenvalue weighted by atomic mass is 10.1. The van der Waals surface area contributed by atoms with E-state index < -0.39 is 0 Å². The van der Waals surface area contributed by atoms with E-state index >= 15 is 0 Å². The quantitative estimate of drug-likeness (QED) is 0.854. The molecule has 1 amide bonds. The van der Waals surface area contributed by atoms with Crippen LogP contribution in [0.1, 0.15) is 29.8 Å². The van der Waals surface area contributed by atoms with Gasteiger partial charge in [0.05, 0.1) is 25.2 Å². The second-order valence-corrected chi connectivity index (χ2v) is 7.71. The van der Waals surface area contributed by atoms with Crippen molar-refractivity contribution in [1.82, 2.24) is 9.88 Å². The van der Waals surface area contributed by atoms with Crippen LogP contribution in [-0.4, -0.2) is 54.3 Å². The maximum atomic E-state index is 12.4. The molecule has 2 fully saturated rings. The van der Waals surface area contributed by atoms with Gasteiger partial charge in [-0.1, -0.05) is 0 Å². The Hall–Kier alpha value is -0.760. The molecule has 1 N–H and O–H groups in total. The molecule has 5 nitrogen and oxygen atoms in total. The molecular formula is C15H22N2O3S2. The van der Waals surface area contributed by atoms with Gasteiger partial charge in [-0.25, -0.2) is 0 Å². The van der Waals surface area contributed by atoms with Crippen molar-refractivity contribution < 1.29 is 14.3 Å². The highest BCUT2D eigenvalue weighted by atomic mass is 32.1. The van der Waals surface area contributed by atoms with Gasteiger partial charge in [0.15, 0.2) is 3.95 Å². The first-order valence-electron chi connectivity index (χ1n) is 7.81. The van der Waals surface area contributed by atoms with Crippen molar-refractivity contribution in [3.63, 3.8) is 0 Å². The van der Waals surface area contributed by atoms with Crippen LogP contribution < -0.4 is 0 Å². The Kier molecular flexibility index (Phi) is 5.28. The van der Waals surface area contributed by atoms with Gasteiger partial charge in [0.25, 0.3) is 0 Å². The van der Waals surface area contributed by atoms with Gasteiger partial charge in [-0.15, -0.1) is 11.3 Å². The van der Waals surface area contributed by atoms with E-state index in [-0.39, 0.29) is 18.1 Å². The van der Waals surface area contributed by atoms with Gasteiger partial charge in [-0.3, -0.25) is 4.79 Å². The van der Waals surface area contributed by atoms with Gasteiger partial charge in [-0.2, -0.15) is 0 Å². The summed E-state index contributed by atoms with van der Waals surface area (Å²) < 4.78 is 12.1. The molecule has 1 atom stereocenters. The molecule has 0 aliphatic carbocycles. The van der Waals surface area contributed by atoms with Gasteiger partial charge in [0, 0.05) is 30.3 Å². The molecule has 2 saturated heterocycles. The fraction of sp³-hybridized carbons (Fsp3) is 0.733. The highest BCUT2D eigenvalue weighted by Crippen LogP contribution is 2.21. The lowest BCUT2D eigenvalue weighted by Gasteiger charge is -2.33. The number of likely N-dealkylation sites (tertiary alicyclic amines) is 1. The van der Waals surface area contributed by atoms with Gasteiger partial charge in [0.1, 0.15) is 0 Å². The summed E-state index contributed by atoms with van der Waals surface area (Å²) in [5, 5.41) is 0. The molecule has 1 aromatic heterocycles. The van der Waals surface area contributed by atoms with E-state index in [4.69, 9.17) is 21.7 Å². The molecule has 122 valence electrons. The molecule has 7 heteroatoms. The minimum Gasteiger partial charge on any atom is -0.379 e. The van der Waals surface area contributed by atoms with E-state index in [1.54, 1.807) is 0 Å². The number of nitrogens with zero attached hydrogens (tertiary/aromatic N) is 1. The summed E-state index contributed by atoms with van der Waals surface area (Å²) in [7, 11) is 0. The van der Waals surface area contributed by atoms with Crippen LogP contribution in [0.25, 0.3) is 0 Å². The third-order valence-electron chi connectivity index (χ3n) is 4.30. The van der Waals surface area contributed by atoms with E-state index in [0.29, 0.717) is 6.42 Å². The number of rotatable bonds is 4. The lowest BCUT2D eigenvalue weighted by Crippen LogP contribution is -2.42. The third-order valence-corrected chi connectivity index (χ3v) is 5.64. The number of aromatic amines is 1. The number of aryl methyl sites for hydroxylation is 1. The van der Waals surface area contributed by atoms with E-state index in [1.165, 1.54) is 11.3 Å². The summed E-state index contributed by atoms with van der Waals surface area (Å²) in [6.45, 7) is 5.07. The SMILES string of the molecule is Cc1[nH]c(=S)sc1CC(=O)N1CCC(O[C@H]2CCOC2)CC1. The summed E-state index contributed by atoms with van der Waals surface area (Å²) in [6, 6.07) is 0. The van der Waals surface area contributed by atoms with Crippen molar-refractivity contribution in [1.29, 1.82) is 0 Å². The number of ether oxygens (including phenoxy) is 2. The molecule has 3 heterocycles. The van der Waals surface area contributed by atoms with Gasteiger partial charge < -0.3 is 19.4 Å². The first-order chi connectivity index (χ1) is 10.6. The number of H-pyrrole nitrogens is 1. The van der Waals surface area contributed by atoms with Crippen LogP contribution in [0.4, 0.5) is 0 Å². The zero-order valence-corrected chi connectivity index (χ0v) is 14.4. The molecule has 0 radical (unpaired) electrons. The van der Waals surface area contributed by atoms with E-state index in [9.17, 15) is 4.79 Å². The first-order valence-corrected chi connectivity index (χ1v) is 9.04. The largest absolute Gasteiger partial charge is 0.379 e. The molecule has 1 aromatic rings. The monoisotopic (exact) mass is 342 g/mol. The topological polar surface area (TPSA) is 54.6 Å². The van der Waals surface area contributed by atoms with Gasteiger partial charge in [-0.05, 0) is 38.4 Å². The van der Waals surface area contributed by atoms with Crippen LogP contribution in [0.5, 0.6) is 0 Å². The van der Waals surface area contributed by atoms with Crippen molar-refractivity contribution in [2.45, 2.75) is 44.8 Å². The van der Waals surface area contributed by atoms with E-state index in [1.807, 2.05) is 11.8 Å². The molecule has 2 aliphatic rings. The van der Waals surface area contributed by atoms with Crippen LogP contribution in [-0.2, 0) is 20.7 Å². The fourth-order valence-electron chi connectivity index (χ4n) is 2.99. The maximum absolute atomic E-state index is 12.4. The van der Waals surface area contributed by atoms with Gasteiger partial charge >= 0.3 is 0 Å². The summed E-state index contributed by atoms with van der Waals surface area (Å²) in [5.74, 6) is 0.191. The fourth-order valence-corrected chi connectivity index (χ4v) is 4.27. The Morgan fingerprint density at radius 1 is 1.41 bits per heavy atom. The van der Waals surface area contributed by atoms with E-state index in [0.717, 1.165) is 60.1 Å². The molecule has 0 aromatic carbocycles. The number of carbonyl (C=O) groups excluding carboxylic acids is 1. The van der Waals surface area contributed by atoms with Gasteiger partial charge in [0.2, 0.25) is 5.91 Å². The first kappa shape index (κ1) is 16.1. The summed E-state index contributed by atoms with van der Waals surface area (Å²) in [6.07, 6.45) is 3.81. The van der Waals surface area contributed by atoms with Crippen molar-refractivity contribution in [3.05, 3.63) is 14.5 Å². The Bertz CT molecular complexity index is 570. The zero-order chi connectivity index (χ0) is 15.5. The van der Waals surface area contributed by atoms with Crippen LogP contribution >= 0.6 is 23.6 Å². The van der Waals surface area contributed by atoms with Crippen molar-refractivity contribution in [2.75, 3.05) is 26.3 Å². The van der Waals surface area contributed by atoms with Crippen molar-refractivity contribution in [2.24, 2.45) is 0 Å². The van der Waals surface area contributed by atoms with Crippen molar-refractivity contribution >= 4 is 29.5 Å². The number of carbonyl (C=O) groups is 1. The second kappa shape index (κ2) is 7.21. The lowest BCUT2D eigenvalue weighted by molar-refractivity contribution is -0.133. The number of piperidine rings is 1. The highest BCUT2D eigenvalue weighted by Gasteiger charge is 2.27. The summed E-state index contributed by atoms with van der Waals surface area (Å²) in [5.41, 5.74) is 1.02. The number of hydrogen-bond acceptors (Lipinski definition) is 5. The average molecular weight is 342 g/mol. The van der Waals surface area contributed by atoms with Crippen molar-refractivity contribution in [3.8, 4) is 0 Å². The number of aromatic nitrogens is 1. The molecule has 22 heavy (non-hydrogen) atoms. The predicted molar refractivity (Wildman–Crippen MR) is 87.9 cm³/mol. The second-order valence-electron chi connectivity index (χ2n) is 5.94. The number of amides is 1. The summed E-state index contributed by atoms with van der Waals surface area (Å²) >= 11 is 6.63. The molecule has 0 unspecified atom stereocenters. The normalized spacial score (nSPS) is 23.1. The van der Waals surface area contributed by atoms with Crippen LogP contribution in [0.15, 0.2) is 0 Å². The number of hydrogen-bond donors (Lipinski definition) is 1. The molecule has 0 spiro atoms. The average Bonchev–Trinajstić information content (AvgIpc) is 3.10. The Morgan fingerprint density at radius 2 is 2.18 bits per heavy atom. The standard InChI is InChI=1S/C15H22N2O3S2/c1-10-13(22-15(21)16-10)8-14(18)17-5-2-11(3-6-17)20-12-4-7-19-9-12/h11-12H,2-9H2,1H3,(H,16,21)/t12-/m0/s1. The Balaban J connectivity index is 1.47. The molecule has 3 rings (SSSR count). The maximum Gasteiger partial charge on any atom is 0.227 e. The molecule has 0 bridgehead atoms. The number of nitrogens with one attached hydrogen (secondary N) is 1. The van der Waals surface area contributed by atoms with Crippen LogP contribution in [0, 0.1) is 10.9 Å². The third kappa shape index (κ3) is 3.95. The molecule has 2 aliphatic heterocycles. The van der Waals surface area contributed by atoms with Crippen LogP contribution in [0.3, 0.4) is 0 Å². The Morgan fingerprint density at radius 3 is 2.77 bits per heavy atom. The van der Waals surface area contributed by atoms with E-state index in [2.05, 4.69) is 4.98 Å². The Labute approximate surface area is 139 Å². The zero-order valence-electron chi connectivity index (χ0n) is 12.8. The highest BCUT2D eigenvalue weighted by molar-refractivity contribution is 7.73. The molecular weight excluding hydrogens is 320 g/mol.